The van der Waals surface area contributed by atoms with Crippen LogP contribution < -0.4 is 9.47 Å². The second kappa shape index (κ2) is 13.4. The van der Waals surface area contributed by atoms with E-state index in [1.165, 1.54) is 0 Å². The number of aliphatic carboxylic acids is 1. The molecule has 1 aromatic rings. The number of thiol groups is 2. The van der Waals surface area contributed by atoms with E-state index in [4.69, 9.17) is 19.4 Å². The van der Waals surface area contributed by atoms with Gasteiger partial charge >= 0.3 is 12.1 Å². The third kappa shape index (κ3) is 12.5. The predicted molar refractivity (Wildman–Crippen MR) is 71.5 cm³/mol. The van der Waals surface area contributed by atoms with E-state index in [-0.39, 0.29) is 47.4 Å². The van der Waals surface area contributed by atoms with Crippen LogP contribution in [0.2, 0.25) is 0 Å². The van der Waals surface area contributed by atoms with Crippen LogP contribution in [0.25, 0.3) is 0 Å². The Bertz CT molecular complexity index is 359. The third-order valence-corrected chi connectivity index (χ3v) is 1.43. The molecular formula is C10H13F3O4PdS2-2. The van der Waals surface area contributed by atoms with E-state index in [0.717, 1.165) is 0 Å². The van der Waals surface area contributed by atoms with Crippen molar-refractivity contribution < 1.29 is 53.0 Å². The molecule has 0 radical (unpaired) electrons. The van der Waals surface area contributed by atoms with Gasteiger partial charge in [0.1, 0.15) is 0 Å². The summed E-state index contributed by atoms with van der Waals surface area (Å²) < 4.78 is 41.8. The zero-order valence-corrected chi connectivity index (χ0v) is 13.6. The molecule has 0 saturated heterocycles. The van der Waals surface area contributed by atoms with Gasteiger partial charge in [-0.2, -0.15) is 19.2 Å². The summed E-state index contributed by atoms with van der Waals surface area (Å²) in [6, 6.07) is 8.40. The smallest absolute Gasteiger partial charge is 0.591 e. The van der Waals surface area contributed by atoms with E-state index in [9.17, 15) is 13.2 Å². The first-order valence-corrected chi connectivity index (χ1v) is 4.23. The van der Waals surface area contributed by atoms with E-state index >= 15 is 0 Å². The summed E-state index contributed by atoms with van der Waals surface area (Å²) in [4.78, 5) is 7.24. The minimum absolute atomic E-state index is 0. The van der Waals surface area contributed by atoms with Crippen molar-refractivity contribution in [3.8, 4) is 11.5 Å². The van der Waals surface area contributed by atoms with Crippen LogP contribution in [0.15, 0.2) is 18.2 Å². The average Bonchev–Trinajstić information content (AvgIpc) is 2.28. The van der Waals surface area contributed by atoms with Gasteiger partial charge in [-0.05, 0) is 0 Å². The molecular weight excluding hydrogens is 412 g/mol. The number of hydrogen-bond acceptors (Lipinski definition) is 4. The van der Waals surface area contributed by atoms with Crippen molar-refractivity contribution in [2.75, 3.05) is 14.2 Å². The number of carboxylic acids is 1. The Morgan fingerprint density at radius 2 is 1.45 bits per heavy atom. The number of aliphatic hydroxyl groups excluding tert-OH is 1. The predicted octanol–water partition coefficient (Wildman–Crippen LogP) is 1.57. The Balaban J connectivity index is -0.000000117. The Hall–Kier alpha value is -0.558. The first-order chi connectivity index (χ1) is 7.81. The summed E-state index contributed by atoms with van der Waals surface area (Å²) in [5.41, 5.74) is 0. The van der Waals surface area contributed by atoms with Gasteiger partial charge in [0.15, 0.2) is 0 Å². The molecule has 0 aromatic heterocycles. The summed E-state index contributed by atoms with van der Waals surface area (Å²) in [6.45, 7) is 0. The molecule has 0 aliphatic rings. The maximum Gasteiger partial charge on any atom is 0.591 e. The maximum absolute atomic E-state index is 10.6. The number of benzene rings is 1. The number of methoxy groups -OCH3 is 2. The molecule has 0 heterocycles. The summed E-state index contributed by atoms with van der Waals surface area (Å²) in [6.07, 6.45) is -4.97. The van der Waals surface area contributed by atoms with Crippen LogP contribution in [0.3, 0.4) is 0 Å². The third-order valence-electron chi connectivity index (χ3n) is 1.43. The fourth-order valence-electron chi connectivity index (χ4n) is 0.666. The largest absolute Gasteiger partial charge is 0.813 e. The molecule has 0 amide bonds. The van der Waals surface area contributed by atoms with Crippen molar-refractivity contribution in [3.05, 3.63) is 24.3 Å². The molecule has 0 fully saturated rings. The molecule has 1 aromatic carbocycles. The van der Waals surface area contributed by atoms with Crippen molar-refractivity contribution in [1.29, 1.82) is 0 Å². The summed E-state index contributed by atoms with van der Waals surface area (Å²) in [5.74, 6) is -1.12. The number of hydrogen-bond donors (Lipinski definition) is 1. The van der Waals surface area contributed by atoms with Crippen LogP contribution in [0, 0.1) is 6.07 Å². The Kier molecular flexibility index (Phi) is 18.6. The van der Waals surface area contributed by atoms with Crippen molar-refractivity contribution >= 4 is 33.0 Å². The molecule has 122 valence electrons. The molecule has 0 atom stereocenters. The standard InChI is InChI=1S/C8H9O2.C2HF3O2.Pd.2H2S/c1-9-7-4-3-5-8(6-7)10-2;3-2(4,5)1(6)7;;;/h3-5H,1-2H3;(H,6,7);;2*1H2/q-1;;;;/p-1. The summed E-state index contributed by atoms with van der Waals surface area (Å²) >= 11 is 0. The molecule has 4 nitrogen and oxygen atoms in total. The van der Waals surface area contributed by atoms with Gasteiger partial charge in [0, 0.05) is 31.9 Å². The number of rotatable bonds is 2. The van der Waals surface area contributed by atoms with E-state index in [0.29, 0.717) is 11.5 Å². The van der Waals surface area contributed by atoms with Crippen LogP contribution in [0.1, 0.15) is 0 Å². The maximum atomic E-state index is 10.6. The van der Waals surface area contributed by atoms with E-state index in [1.807, 2.05) is 18.2 Å². The Morgan fingerprint density at radius 3 is 1.65 bits per heavy atom. The van der Waals surface area contributed by atoms with Crippen LogP contribution in [-0.4, -0.2) is 36.3 Å². The van der Waals surface area contributed by atoms with Crippen LogP contribution in [-0.2, 0) is 47.4 Å². The van der Waals surface area contributed by atoms with Crippen molar-refractivity contribution in [2.45, 2.75) is 6.18 Å². The zero-order valence-electron chi connectivity index (χ0n) is 10.3. The van der Waals surface area contributed by atoms with E-state index < -0.39 is 12.1 Å². The Morgan fingerprint density at radius 1 is 1.15 bits per heavy atom. The van der Waals surface area contributed by atoms with Crippen molar-refractivity contribution in [2.24, 2.45) is 0 Å². The molecule has 1 rings (SSSR count). The first-order valence-electron chi connectivity index (χ1n) is 4.23. The van der Waals surface area contributed by atoms with Crippen LogP contribution in [0.5, 0.6) is 11.5 Å². The number of ether oxygens (including phenoxy) is 2. The van der Waals surface area contributed by atoms with Gasteiger partial charge in [-0.15, -0.1) is 12.1 Å². The molecule has 2 N–H and O–H groups in total. The molecule has 0 saturated carbocycles. The number of carboxylic acid groups (broad SMARTS) is 1. The summed E-state index contributed by atoms with van der Waals surface area (Å²) in [5, 5.41) is 7.24. The quantitative estimate of drug-likeness (QED) is 0.257. The molecule has 0 aliphatic carbocycles. The summed E-state index contributed by atoms with van der Waals surface area (Å²) in [7, 11) is 3.20. The van der Waals surface area contributed by atoms with Crippen LogP contribution in [0.4, 0.5) is 13.2 Å². The van der Waals surface area contributed by atoms with E-state index in [2.05, 4.69) is 6.07 Å². The zero-order chi connectivity index (χ0) is 13.5. The second-order valence-corrected chi connectivity index (χ2v) is 2.61. The second-order valence-electron chi connectivity index (χ2n) is 2.61. The topological polar surface area (TPSA) is 60.1 Å². The van der Waals surface area contributed by atoms with Crippen molar-refractivity contribution in [1.82, 2.24) is 0 Å². The van der Waals surface area contributed by atoms with Gasteiger partial charge in [-0.3, -0.25) is 0 Å². The minimum Gasteiger partial charge on any atom is -0.813 e. The van der Waals surface area contributed by atoms with Gasteiger partial charge < -0.3 is 46.4 Å². The van der Waals surface area contributed by atoms with Crippen molar-refractivity contribution in [3.63, 3.8) is 0 Å². The number of halogens is 3. The normalized spacial score (nSPS) is 8.45. The average molecular weight is 425 g/mol. The molecule has 20 heavy (non-hydrogen) atoms. The first kappa shape index (κ1) is 27.7. The fourth-order valence-corrected chi connectivity index (χ4v) is 0.666. The monoisotopic (exact) mass is 424 g/mol. The van der Waals surface area contributed by atoms with Gasteiger partial charge in [0.05, 0.1) is 14.2 Å². The van der Waals surface area contributed by atoms with Crippen LogP contribution >= 0.6 is 0 Å². The fraction of sp³-hybridized carbons (Fsp3) is 0.300. The van der Waals surface area contributed by atoms with Gasteiger partial charge in [0.2, 0.25) is 0 Å². The molecule has 0 spiro atoms. The molecule has 0 bridgehead atoms. The minimum atomic E-state index is -4.97. The van der Waals surface area contributed by atoms with Gasteiger partial charge in [-0.1, -0.05) is 6.07 Å². The molecule has 0 aliphatic heterocycles. The Labute approximate surface area is 142 Å². The SMILES string of the molecule is COc1[c-]c(OC)ccc1.OC(=[OH+])C(F)(F)F.[Pd].[SH-].[SH-]. The van der Waals surface area contributed by atoms with Gasteiger partial charge in [-0.25, -0.2) is 0 Å². The number of alkyl halides is 3. The molecule has 0 unspecified atom stereocenters. The molecule has 10 heteroatoms. The van der Waals surface area contributed by atoms with Gasteiger partial charge in [0.25, 0.3) is 0 Å². The van der Waals surface area contributed by atoms with E-state index in [1.54, 1.807) is 14.2 Å².